The number of pyridine rings is 2. The number of nitrogens with one attached hydrogen (secondary N) is 1. The minimum Gasteiger partial charge on any atom is -0.477 e. The van der Waals surface area contributed by atoms with E-state index in [0.717, 1.165) is 35.4 Å². The van der Waals surface area contributed by atoms with Gasteiger partial charge in [0, 0.05) is 25.7 Å². The molecule has 0 spiro atoms. The number of hydrogen-bond acceptors (Lipinski definition) is 4. The molecule has 0 bridgehead atoms. The lowest BCUT2D eigenvalue weighted by Crippen LogP contribution is -2.34. The quantitative estimate of drug-likeness (QED) is 0.791. The number of anilines is 1. The number of alkyl halides is 1. The molecule has 2 aromatic heterocycles. The molecule has 6 nitrogen and oxygen atoms in total. The van der Waals surface area contributed by atoms with Gasteiger partial charge in [-0.15, -0.1) is 0 Å². The van der Waals surface area contributed by atoms with Gasteiger partial charge in [0.2, 0.25) is 0 Å². The molecular weight excluding hydrogens is 368 g/mol. The maximum absolute atomic E-state index is 15.0. The van der Waals surface area contributed by atoms with Crippen LogP contribution in [0.15, 0.2) is 17.1 Å². The SMILES string of the molecule is Cc1c(N2CC[C@H](NCCF)C2)c(F)cn2c(=O)c(C(=O)O)cc(C3CC3)c12. The molecule has 1 saturated heterocycles. The highest BCUT2D eigenvalue weighted by Gasteiger charge is 2.32. The average molecular weight is 391 g/mol. The molecule has 0 unspecified atom stereocenters. The van der Waals surface area contributed by atoms with E-state index < -0.39 is 24.0 Å². The molecule has 1 aliphatic heterocycles. The number of rotatable bonds is 6. The zero-order valence-corrected chi connectivity index (χ0v) is 15.7. The van der Waals surface area contributed by atoms with E-state index in [0.29, 0.717) is 29.9 Å². The third-order valence-electron chi connectivity index (χ3n) is 5.72. The van der Waals surface area contributed by atoms with Crippen LogP contribution in [0.3, 0.4) is 0 Å². The number of hydrogen-bond donors (Lipinski definition) is 2. The van der Waals surface area contributed by atoms with E-state index in [9.17, 15) is 19.1 Å². The molecule has 2 fully saturated rings. The van der Waals surface area contributed by atoms with E-state index >= 15 is 4.39 Å². The number of nitrogens with zero attached hydrogens (tertiary/aromatic N) is 2. The second-order valence-electron chi connectivity index (χ2n) is 7.64. The van der Waals surface area contributed by atoms with Crippen molar-refractivity contribution in [2.24, 2.45) is 0 Å². The highest BCUT2D eigenvalue weighted by Crippen LogP contribution is 2.44. The molecular formula is C20H23F2N3O3. The summed E-state index contributed by atoms with van der Waals surface area (Å²) < 4.78 is 28.6. The standard InChI is InChI=1S/C20H23F2N3O3/c1-11-17-14(12-2-3-12)8-15(20(27)28)19(26)25(17)10-16(22)18(11)24-7-4-13(9-24)23-6-5-21/h8,10,12-13,23H,2-7,9H2,1H3,(H,27,28)/t13-/m0/s1. The number of halogens is 2. The fourth-order valence-electron chi connectivity index (χ4n) is 4.28. The number of aryl methyl sites for hydroxylation is 1. The molecule has 8 heteroatoms. The number of carboxylic acid groups (broad SMARTS) is 1. The van der Waals surface area contributed by atoms with E-state index in [1.54, 1.807) is 6.92 Å². The van der Waals surface area contributed by atoms with Crippen LogP contribution in [-0.4, -0.2) is 47.8 Å². The molecule has 0 radical (unpaired) electrons. The van der Waals surface area contributed by atoms with Crippen molar-refractivity contribution in [2.75, 3.05) is 31.2 Å². The highest BCUT2D eigenvalue weighted by atomic mass is 19.1. The van der Waals surface area contributed by atoms with Crippen molar-refractivity contribution in [1.29, 1.82) is 0 Å². The summed E-state index contributed by atoms with van der Waals surface area (Å²) in [5.74, 6) is -1.66. The number of carbonyl (C=O) groups is 1. The Morgan fingerprint density at radius 2 is 2.11 bits per heavy atom. The van der Waals surface area contributed by atoms with Crippen LogP contribution in [0.1, 0.15) is 46.7 Å². The normalized spacial score (nSPS) is 19.5. The molecule has 0 amide bonds. The molecule has 150 valence electrons. The molecule has 1 saturated carbocycles. The van der Waals surface area contributed by atoms with Gasteiger partial charge in [0.1, 0.15) is 12.2 Å². The fourth-order valence-corrected chi connectivity index (χ4v) is 4.28. The summed E-state index contributed by atoms with van der Waals surface area (Å²) >= 11 is 0. The van der Waals surface area contributed by atoms with Crippen LogP contribution >= 0.6 is 0 Å². The first kappa shape index (κ1) is 18.9. The molecule has 4 rings (SSSR count). The average Bonchev–Trinajstić information content (AvgIpc) is 3.39. The first-order valence-corrected chi connectivity index (χ1v) is 9.58. The molecule has 1 atom stereocenters. The molecule has 2 aromatic rings. The Labute approximate surface area is 160 Å². The Bertz CT molecular complexity index is 1000. The van der Waals surface area contributed by atoms with Crippen molar-refractivity contribution in [2.45, 2.75) is 38.1 Å². The molecule has 1 aliphatic carbocycles. The van der Waals surface area contributed by atoms with E-state index in [1.807, 2.05) is 4.90 Å². The van der Waals surface area contributed by atoms with Crippen LogP contribution in [0.5, 0.6) is 0 Å². The van der Waals surface area contributed by atoms with Crippen molar-refractivity contribution in [3.63, 3.8) is 0 Å². The van der Waals surface area contributed by atoms with Gasteiger partial charge in [-0.2, -0.15) is 0 Å². The summed E-state index contributed by atoms with van der Waals surface area (Å²) in [6.07, 6.45) is 3.75. The first-order valence-electron chi connectivity index (χ1n) is 9.58. The third-order valence-corrected chi connectivity index (χ3v) is 5.72. The third kappa shape index (κ3) is 3.15. The van der Waals surface area contributed by atoms with Crippen LogP contribution in [0, 0.1) is 12.7 Å². The maximum Gasteiger partial charge on any atom is 0.341 e. The molecule has 2 aliphatic rings. The Morgan fingerprint density at radius 3 is 2.75 bits per heavy atom. The number of carboxylic acids is 1. The van der Waals surface area contributed by atoms with Gasteiger partial charge in [-0.1, -0.05) is 0 Å². The smallest absolute Gasteiger partial charge is 0.341 e. The van der Waals surface area contributed by atoms with Gasteiger partial charge in [-0.05, 0) is 49.3 Å². The van der Waals surface area contributed by atoms with Gasteiger partial charge in [-0.25, -0.2) is 13.6 Å². The lowest BCUT2D eigenvalue weighted by atomic mass is 10.0. The van der Waals surface area contributed by atoms with Crippen molar-refractivity contribution in [3.05, 3.63) is 45.1 Å². The molecule has 0 aromatic carbocycles. The Morgan fingerprint density at radius 1 is 1.36 bits per heavy atom. The molecule has 3 heterocycles. The summed E-state index contributed by atoms with van der Waals surface area (Å²) in [6, 6.07) is 1.55. The first-order chi connectivity index (χ1) is 13.4. The number of aromatic carboxylic acids is 1. The van der Waals surface area contributed by atoms with Crippen molar-refractivity contribution in [3.8, 4) is 0 Å². The highest BCUT2D eigenvalue weighted by molar-refractivity contribution is 5.89. The van der Waals surface area contributed by atoms with Gasteiger partial charge < -0.3 is 15.3 Å². The topological polar surface area (TPSA) is 74.0 Å². The second-order valence-corrected chi connectivity index (χ2v) is 7.64. The summed E-state index contributed by atoms with van der Waals surface area (Å²) in [4.78, 5) is 26.0. The van der Waals surface area contributed by atoms with E-state index in [1.165, 1.54) is 6.07 Å². The largest absolute Gasteiger partial charge is 0.477 e. The Kier molecular flexibility index (Phi) is 4.82. The minimum atomic E-state index is -1.30. The summed E-state index contributed by atoms with van der Waals surface area (Å²) in [5.41, 5.74) is 1.43. The second kappa shape index (κ2) is 7.16. The van der Waals surface area contributed by atoms with Crippen molar-refractivity contribution >= 4 is 17.2 Å². The van der Waals surface area contributed by atoms with Gasteiger partial charge in [-0.3, -0.25) is 9.20 Å². The van der Waals surface area contributed by atoms with E-state index in [-0.39, 0.29) is 24.1 Å². The maximum atomic E-state index is 15.0. The van der Waals surface area contributed by atoms with Gasteiger partial charge in [0.25, 0.3) is 5.56 Å². The Balaban J connectivity index is 1.84. The fraction of sp³-hybridized carbons (Fsp3) is 0.500. The zero-order chi connectivity index (χ0) is 20.0. The monoisotopic (exact) mass is 391 g/mol. The van der Waals surface area contributed by atoms with Crippen LogP contribution < -0.4 is 15.8 Å². The van der Waals surface area contributed by atoms with E-state index in [2.05, 4.69) is 5.32 Å². The van der Waals surface area contributed by atoms with Crippen LogP contribution in [0.2, 0.25) is 0 Å². The zero-order valence-electron chi connectivity index (χ0n) is 15.7. The Hall–Kier alpha value is -2.48. The van der Waals surface area contributed by atoms with Gasteiger partial charge in [0.15, 0.2) is 5.82 Å². The lowest BCUT2D eigenvalue weighted by molar-refractivity contribution is 0.0694. The number of fused-ring (bicyclic) bond motifs is 1. The van der Waals surface area contributed by atoms with Crippen LogP contribution in [-0.2, 0) is 0 Å². The summed E-state index contributed by atoms with van der Waals surface area (Å²) in [5, 5.41) is 12.5. The van der Waals surface area contributed by atoms with Crippen molar-refractivity contribution in [1.82, 2.24) is 9.72 Å². The predicted molar refractivity (Wildman–Crippen MR) is 102 cm³/mol. The lowest BCUT2D eigenvalue weighted by Gasteiger charge is -2.24. The summed E-state index contributed by atoms with van der Waals surface area (Å²) in [6.45, 7) is 2.80. The van der Waals surface area contributed by atoms with Crippen LogP contribution in [0.25, 0.3) is 5.52 Å². The molecule has 2 N–H and O–H groups in total. The predicted octanol–water partition coefficient (Wildman–Crippen LogP) is 2.46. The van der Waals surface area contributed by atoms with E-state index in [4.69, 9.17) is 0 Å². The van der Waals surface area contributed by atoms with Gasteiger partial charge in [0.05, 0.1) is 17.4 Å². The summed E-state index contributed by atoms with van der Waals surface area (Å²) in [7, 11) is 0. The molecule has 28 heavy (non-hydrogen) atoms. The minimum absolute atomic E-state index is 0.0882. The number of aromatic nitrogens is 1. The van der Waals surface area contributed by atoms with Crippen molar-refractivity contribution < 1.29 is 18.7 Å². The van der Waals surface area contributed by atoms with Crippen LogP contribution in [0.4, 0.5) is 14.5 Å². The van der Waals surface area contributed by atoms with Gasteiger partial charge >= 0.3 is 5.97 Å².